The predicted octanol–water partition coefficient (Wildman–Crippen LogP) is 0.828. The van der Waals surface area contributed by atoms with E-state index in [1.165, 1.54) is 4.90 Å². The van der Waals surface area contributed by atoms with Crippen LogP contribution in [0.15, 0.2) is 24.3 Å². The number of nitrogens with two attached hydrogens (primary N) is 1. The lowest BCUT2D eigenvalue weighted by Gasteiger charge is -2.26. The lowest BCUT2D eigenvalue weighted by Crippen LogP contribution is -2.37. The number of likely N-dealkylation sites (tertiary alicyclic amines) is 1. The van der Waals surface area contributed by atoms with Gasteiger partial charge in [0, 0.05) is 37.2 Å². The number of hydrogen-bond acceptors (Lipinski definition) is 5. The van der Waals surface area contributed by atoms with Gasteiger partial charge in [-0.25, -0.2) is 4.98 Å². The molecule has 4 N–H and O–H groups in total. The first-order chi connectivity index (χ1) is 16.2. The summed E-state index contributed by atoms with van der Waals surface area (Å²) in [5.41, 5.74) is 7.46. The minimum atomic E-state index is -1.70. The molecule has 1 aromatic carbocycles. The molecule has 5 aliphatic rings. The third kappa shape index (κ3) is 3.06. The second kappa shape index (κ2) is 7.05. The lowest BCUT2D eigenvalue weighted by molar-refractivity contribution is -0.137. The molecule has 172 valence electrons. The second-order valence-corrected chi connectivity index (χ2v) is 9.43. The van der Waals surface area contributed by atoms with Crippen molar-refractivity contribution in [1.82, 2.24) is 19.8 Å². The van der Waals surface area contributed by atoms with Gasteiger partial charge in [-0.1, -0.05) is 24.0 Å². The van der Waals surface area contributed by atoms with E-state index in [-0.39, 0.29) is 35.8 Å². The fourth-order valence-electron chi connectivity index (χ4n) is 4.84. The van der Waals surface area contributed by atoms with Crippen LogP contribution in [-0.2, 0) is 4.79 Å². The third-order valence-corrected chi connectivity index (χ3v) is 6.96. The summed E-state index contributed by atoms with van der Waals surface area (Å²) in [6.45, 7) is 0.447. The molecule has 1 unspecified atom stereocenters. The molecular weight excluding hydrogens is 434 g/mol. The van der Waals surface area contributed by atoms with Crippen LogP contribution in [0.3, 0.4) is 0 Å². The highest BCUT2D eigenvalue weighted by Gasteiger charge is 2.42. The molecule has 1 saturated heterocycles. The molecule has 1 saturated carbocycles. The highest BCUT2D eigenvalue weighted by atomic mass is 16.3. The smallest absolute Gasteiger partial charge is 0.270 e. The van der Waals surface area contributed by atoms with Crippen molar-refractivity contribution in [2.24, 2.45) is 5.73 Å². The number of aromatic nitrogens is 2. The fourth-order valence-corrected chi connectivity index (χ4v) is 4.84. The zero-order valence-corrected chi connectivity index (χ0v) is 18.6. The number of hydrogen-bond donors (Lipinski definition) is 3. The van der Waals surface area contributed by atoms with Crippen LogP contribution in [-0.4, -0.2) is 62.5 Å². The van der Waals surface area contributed by atoms with Crippen molar-refractivity contribution < 1.29 is 19.5 Å². The molecule has 2 bridgehead atoms. The van der Waals surface area contributed by atoms with Crippen molar-refractivity contribution in [3.8, 4) is 23.2 Å². The molecule has 2 atom stereocenters. The van der Waals surface area contributed by atoms with Crippen LogP contribution in [0, 0.1) is 11.8 Å². The van der Waals surface area contributed by atoms with Gasteiger partial charge < -0.3 is 25.6 Å². The Bertz CT molecular complexity index is 1390. The fraction of sp³-hybridized carbons (Fsp3) is 0.360. The van der Waals surface area contributed by atoms with Crippen LogP contribution in [0.1, 0.15) is 63.8 Å². The molecule has 9 heteroatoms. The van der Waals surface area contributed by atoms with Crippen LogP contribution >= 0.6 is 0 Å². The van der Waals surface area contributed by atoms with Crippen LogP contribution in [0.4, 0.5) is 0 Å². The number of primary amides is 1. The minimum Gasteiger partial charge on any atom is -0.369 e. The predicted molar refractivity (Wildman–Crippen MR) is 122 cm³/mol. The maximum absolute atomic E-state index is 13.1. The molecule has 3 amide bonds. The van der Waals surface area contributed by atoms with Gasteiger partial charge in [0.15, 0.2) is 5.69 Å². The maximum atomic E-state index is 13.1. The quantitative estimate of drug-likeness (QED) is 0.588. The number of likely N-dealkylation sites (N-methyl/N-ethyl adjacent to an activating group) is 1. The average molecular weight is 457 g/mol. The third-order valence-electron chi connectivity index (χ3n) is 6.96. The highest BCUT2D eigenvalue weighted by molar-refractivity contribution is 6.06. The molecule has 4 heterocycles. The Labute approximate surface area is 195 Å². The Hall–Kier alpha value is -3.90. The SMILES string of the molecule is CN1CC[C@@](O)(C#Cc2ccc3c(c2)-c2nc(C(N)=O)c(C(=O)NC4CC4)n2C2C=C3C2)C1=O. The lowest BCUT2D eigenvalue weighted by atomic mass is 9.86. The van der Waals surface area contributed by atoms with E-state index in [0.29, 0.717) is 24.4 Å². The van der Waals surface area contributed by atoms with E-state index < -0.39 is 17.4 Å². The Kier molecular flexibility index (Phi) is 4.29. The van der Waals surface area contributed by atoms with Crippen molar-refractivity contribution in [1.29, 1.82) is 0 Å². The van der Waals surface area contributed by atoms with E-state index in [1.807, 2.05) is 18.2 Å². The number of imidazole rings is 1. The van der Waals surface area contributed by atoms with Crippen molar-refractivity contribution in [3.63, 3.8) is 0 Å². The number of rotatable bonds is 3. The summed E-state index contributed by atoms with van der Waals surface area (Å²) in [5, 5.41) is 13.6. The van der Waals surface area contributed by atoms with E-state index in [1.54, 1.807) is 11.6 Å². The molecule has 0 spiro atoms. The first-order valence-electron chi connectivity index (χ1n) is 11.3. The van der Waals surface area contributed by atoms with Gasteiger partial charge in [-0.05, 0) is 42.5 Å². The number of carbonyl (C=O) groups excluding carboxylic acids is 3. The number of allylic oxidation sites excluding steroid dienone is 2. The molecule has 3 aliphatic heterocycles. The molecule has 2 aromatic rings. The number of amides is 3. The van der Waals surface area contributed by atoms with Gasteiger partial charge in [-0.2, -0.15) is 0 Å². The van der Waals surface area contributed by atoms with Crippen LogP contribution < -0.4 is 11.1 Å². The van der Waals surface area contributed by atoms with E-state index in [0.717, 1.165) is 29.5 Å². The van der Waals surface area contributed by atoms with Gasteiger partial charge in [0.1, 0.15) is 11.5 Å². The van der Waals surface area contributed by atoms with Crippen molar-refractivity contribution in [3.05, 3.63) is 46.8 Å². The Balaban J connectivity index is 1.46. The van der Waals surface area contributed by atoms with E-state index in [2.05, 4.69) is 28.2 Å². The summed E-state index contributed by atoms with van der Waals surface area (Å²) in [6, 6.07) is 5.60. The summed E-state index contributed by atoms with van der Waals surface area (Å²) in [6.07, 6.45) is 4.87. The molecule has 2 fully saturated rings. The molecule has 1 aromatic heterocycles. The zero-order chi connectivity index (χ0) is 23.8. The number of aliphatic hydroxyl groups is 1. The Morgan fingerprint density at radius 2 is 2.06 bits per heavy atom. The van der Waals surface area contributed by atoms with E-state index in [9.17, 15) is 19.5 Å². The maximum Gasteiger partial charge on any atom is 0.270 e. The summed E-state index contributed by atoms with van der Waals surface area (Å²) >= 11 is 0. The molecule has 0 radical (unpaired) electrons. The Morgan fingerprint density at radius 3 is 2.71 bits per heavy atom. The average Bonchev–Trinajstić information content (AvgIpc) is 3.50. The van der Waals surface area contributed by atoms with Gasteiger partial charge in [-0.3, -0.25) is 14.4 Å². The summed E-state index contributed by atoms with van der Waals surface area (Å²) in [7, 11) is 1.64. The van der Waals surface area contributed by atoms with Gasteiger partial charge in [0.2, 0.25) is 5.60 Å². The summed E-state index contributed by atoms with van der Waals surface area (Å²) in [5.74, 6) is 4.65. The first-order valence-corrected chi connectivity index (χ1v) is 11.3. The van der Waals surface area contributed by atoms with Gasteiger partial charge >= 0.3 is 0 Å². The number of benzene rings is 1. The second-order valence-electron chi connectivity index (χ2n) is 9.43. The normalized spacial score (nSPS) is 24.2. The van der Waals surface area contributed by atoms with Crippen molar-refractivity contribution in [2.45, 2.75) is 43.4 Å². The topological polar surface area (TPSA) is 131 Å². The Morgan fingerprint density at radius 1 is 1.29 bits per heavy atom. The van der Waals surface area contributed by atoms with E-state index in [4.69, 9.17) is 5.73 Å². The van der Waals surface area contributed by atoms with Gasteiger partial charge in [0.05, 0.1) is 6.04 Å². The molecule has 34 heavy (non-hydrogen) atoms. The van der Waals surface area contributed by atoms with Crippen molar-refractivity contribution in [2.75, 3.05) is 13.6 Å². The van der Waals surface area contributed by atoms with Crippen LogP contribution in [0.5, 0.6) is 0 Å². The number of carbonyl (C=O) groups is 3. The van der Waals surface area contributed by atoms with Crippen LogP contribution in [0.25, 0.3) is 17.0 Å². The summed E-state index contributed by atoms with van der Waals surface area (Å²) < 4.78 is 1.80. The highest BCUT2D eigenvalue weighted by Crippen LogP contribution is 2.48. The minimum absolute atomic E-state index is 0.0479. The monoisotopic (exact) mass is 457 g/mol. The molecular formula is C25H23N5O4. The van der Waals surface area contributed by atoms with Crippen molar-refractivity contribution >= 4 is 23.3 Å². The molecule has 9 nitrogen and oxygen atoms in total. The van der Waals surface area contributed by atoms with Gasteiger partial charge in [-0.15, -0.1) is 0 Å². The number of nitrogens with one attached hydrogen (secondary N) is 1. The first kappa shape index (κ1) is 20.7. The number of nitrogens with zero attached hydrogens (tertiary/aromatic N) is 3. The zero-order valence-electron chi connectivity index (χ0n) is 18.6. The standard InChI is InChI=1S/C25H23N5O4/c1-29-9-8-25(34,24(29)33)7-6-13-2-5-17-14-11-16(12-14)30-20(23(32)27-15-3-4-15)19(21(26)31)28-22(30)18(17)10-13/h2,5,10-11,15-16,34H,3-4,8-9,12H2,1H3,(H2,26,31)(H,27,32)/t16?,25-/m0/s1. The van der Waals surface area contributed by atoms with Gasteiger partial charge in [0.25, 0.3) is 17.7 Å². The van der Waals surface area contributed by atoms with E-state index >= 15 is 0 Å². The summed E-state index contributed by atoms with van der Waals surface area (Å²) in [4.78, 5) is 43.5. The largest absolute Gasteiger partial charge is 0.369 e. The molecule has 2 aliphatic carbocycles. The molecule has 7 rings (SSSR count). The van der Waals surface area contributed by atoms with Crippen LogP contribution in [0.2, 0.25) is 0 Å².